The summed E-state index contributed by atoms with van der Waals surface area (Å²) in [6.07, 6.45) is 1.57. The maximum atomic E-state index is 11.6. The molecule has 0 radical (unpaired) electrons. The lowest BCUT2D eigenvalue weighted by Crippen LogP contribution is -2.46. The molecule has 2 heterocycles. The molecule has 0 unspecified atom stereocenters. The number of guanidine groups is 1. The van der Waals surface area contributed by atoms with Crippen LogP contribution in [0.25, 0.3) is 10.2 Å². The van der Waals surface area contributed by atoms with Crippen LogP contribution in [-0.4, -0.2) is 49.1 Å². The van der Waals surface area contributed by atoms with Crippen LogP contribution in [0.5, 0.6) is 0 Å². The van der Waals surface area contributed by atoms with E-state index in [9.17, 15) is 4.79 Å². The van der Waals surface area contributed by atoms with Crippen LogP contribution in [0.1, 0.15) is 17.8 Å². The second-order valence-electron chi connectivity index (χ2n) is 5.90. The summed E-state index contributed by atoms with van der Waals surface area (Å²) in [5, 5.41) is 5.05. The van der Waals surface area contributed by atoms with Gasteiger partial charge in [-0.05, 0) is 31.0 Å². The van der Waals surface area contributed by atoms with Crippen LogP contribution in [0, 0.1) is 5.92 Å². The van der Waals surface area contributed by atoms with E-state index < -0.39 is 0 Å². The van der Waals surface area contributed by atoms with Crippen LogP contribution in [-0.2, 0) is 16.1 Å². The van der Waals surface area contributed by atoms with E-state index in [2.05, 4.69) is 20.2 Å². The van der Waals surface area contributed by atoms with Crippen molar-refractivity contribution < 1.29 is 9.53 Å². The second kappa shape index (κ2) is 9.70. The Balaban J connectivity index is 0.00000243. The fourth-order valence-corrected chi connectivity index (χ4v) is 4.06. The Morgan fingerprint density at radius 2 is 2.19 bits per heavy atom. The molecule has 2 aromatic rings. The summed E-state index contributed by atoms with van der Waals surface area (Å²) in [5.74, 6) is 0.713. The third-order valence-electron chi connectivity index (χ3n) is 4.33. The molecule has 0 amide bonds. The minimum absolute atomic E-state index is 0. The maximum absolute atomic E-state index is 11.6. The molecule has 1 aliphatic heterocycles. The van der Waals surface area contributed by atoms with Gasteiger partial charge in [0, 0.05) is 25.2 Å². The zero-order valence-electron chi connectivity index (χ0n) is 14.7. The Kier molecular flexibility index (Phi) is 7.90. The average Bonchev–Trinajstić information content (AvgIpc) is 3.04. The van der Waals surface area contributed by atoms with Crippen molar-refractivity contribution >= 4 is 69.1 Å². The standard InChI is InChI=1S/C17H21ClN4O2S.HI/c1-19-17(22-7-5-11(6-8-22)16(23)24-2)20-10-15-21-13-9-12(18)3-4-14(13)25-15;/h3-4,9,11H,5-8,10H2,1-2H3,(H,19,20);1H. The number of fused-ring (bicyclic) bond motifs is 1. The predicted molar refractivity (Wildman–Crippen MR) is 117 cm³/mol. The van der Waals surface area contributed by atoms with E-state index in [4.69, 9.17) is 16.3 Å². The predicted octanol–water partition coefficient (Wildman–Crippen LogP) is 3.53. The molecule has 6 nitrogen and oxygen atoms in total. The van der Waals surface area contributed by atoms with Crippen molar-refractivity contribution in [3.8, 4) is 0 Å². The Hall–Kier alpha value is -1.13. The molecule has 1 aromatic heterocycles. The number of carbonyl (C=O) groups excluding carboxylic acids is 1. The summed E-state index contributed by atoms with van der Waals surface area (Å²) in [6, 6.07) is 5.75. The monoisotopic (exact) mass is 508 g/mol. The normalized spacial score (nSPS) is 15.7. The van der Waals surface area contributed by atoms with Gasteiger partial charge in [0.15, 0.2) is 5.96 Å². The number of likely N-dealkylation sites (tertiary alicyclic amines) is 1. The number of halogens is 2. The van der Waals surface area contributed by atoms with Crippen molar-refractivity contribution in [3.05, 3.63) is 28.2 Å². The number of nitrogens with one attached hydrogen (secondary N) is 1. The van der Waals surface area contributed by atoms with Crippen molar-refractivity contribution in [1.29, 1.82) is 0 Å². The molecule has 0 bridgehead atoms. The van der Waals surface area contributed by atoms with E-state index in [1.54, 1.807) is 18.4 Å². The first-order valence-electron chi connectivity index (χ1n) is 8.19. The lowest BCUT2D eigenvalue weighted by atomic mass is 9.97. The zero-order chi connectivity index (χ0) is 17.8. The van der Waals surface area contributed by atoms with Crippen molar-refractivity contribution in [2.24, 2.45) is 10.9 Å². The highest BCUT2D eigenvalue weighted by Gasteiger charge is 2.26. The van der Waals surface area contributed by atoms with Gasteiger partial charge in [0.1, 0.15) is 5.01 Å². The molecule has 1 aromatic carbocycles. The number of methoxy groups -OCH3 is 1. The highest BCUT2D eigenvalue weighted by Crippen LogP contribution is 2.25. The van der Waals surface area contributed by atoms with E-state index in [0.717, 1.165) is 47.1 Å². The summed E-state index contributed by atoms with van der Waals surface area (Å²) in [6.45, 7) is 2.18. The summed E-state index contributed by atoms with van der Waals surface area (Å²) in [4.78, 5) is 22.8. The van der Waals surface area contributed by atoms with Crippen molar-refractivity contribution in [3.63, 3.8) is 0 Å². The van der Waals surface area contributed by atoms with Gasteiger partial charge in [0.2, 0.25) is 0 Å². The number of thiazole rings is 1. The lowest BCUT2D eigenvalue weighted by Gasteiger charge is -2.33. The van der Waals surface area contributed by atoms with Gasteiger partial charge in [0.25, 0.3) is 0 Å². The number of rotatable bonds is 3. The molecule has 0 atom stereocenters. The number of aromatic nitrogens is 1. The summed E-state index contributed by atoms with van der Waals surface area (Å²) in [5.41, 5.74) is 0.920. The number of hydrogen-bond donors (Lipinski definition) is 1. The minimum Gasteiger partial charge on any atom is -0.469 e. The summed E-state index contributed by atoms with van der Waals surface area (Å²) >= 11 is 7.66. The van der Waals surface area contributed by atoms with Gasteiger partial charge < -0.3 is 15.0 Å². The number of piperidine rings is 1. The number of benzene rings is 1. The van der Waals surface area contributed by atoms with Crippen molar-refractivity contribution in [2.45, 2.75) is 19.4 Å². The molecular weight excluding hydrogens is 487 g/mol. The highest BCUT2D eigenvalue weighted by atomic mass is 127. The van der Waals surface area contributed by atoms with Crippen molar-refractivity contribution in [1.82, 2.24) is 15.2 Å². The van der Waals surface area contributed by atoms with Crippen LogP contribution >= 0.6 is 46.9 Å². The van der Waals surface area contributed by atoms with Gasteiger partial charge in [0.05, 0.1) is 29.8 Å². The molecule has 26 heavy (non-hydrogen) atoms. The van der Waals surface area contributed by atoms with Crippen LogP contribution in [0.2, 0.25) is 5.02 Å². The third kappa shape index (κ3) is 4.98. The first-order chi connectivity index (χ1) is 12.1. The smallest absolute Gasteiger partial charge is 0.308 e. The third-order valence-corrected chi connectivity index (χ3v) is 5.60. The molecule has 3 rings (SSSR count). The van der Waals surface area contributed by atoms with Crippen molar-refractivity contribution in [2.75, 3.05) is 27.2 Å². The fourth-order valence-electron chi connectivity index (χ4n) is 3.00. The lowest BCUT2D eigenvalue weighted by molar-refractivity contribution is -0.146. The Morgan fingerprint density at radius 1 is 1.46 bits per heavy atom. The van der Waals surface area contributed by atoms with E-state index in [-0.39, 0.29) is 35.9 Å². The summed E-state index contributed by atoms with van der Waals surface area (Å²) in [7, 11) is 3.22. The van der Waals surface area contributed by atoms with Gasteiger partial charge >= 0.3 is 5.97 Å². The topological polar surface area (TPSA) is 66.8 Å². The number of carbonyl (C=O) groups is 1. The van der Waals surface area contributed by atoms with Gasteiger partial charge in [-0.2, -0.15) is 0 Å². The Bertz CT molecular complexity index is 790. The molecule has 1 saturated heterocycles. The number of nitrogens with zero attached hydrogens (tertiary/aromatic N) is 3. The highest BCUT2D eigenvalue weighted by molar-refractivity contribution is 14.0. The molecule has 142 valence electrons. The molecule has 0 aliphatic carbocycles. The SMILES string of the molecule is CN=C(NCc1nc2cc(Cl)ccc2s1)N1CCC(C(=O)OC)CC1.I. The molecular formula is C17H22ClIN4O2S. The Labute approximate surface area is 179 Å². The van der Waals surface area contributed by atoms with Gasteiger partial charge in [-0.1, -0.05) is 11.6 Å². The number of aliphatic imine (C=N–C) groups is 1. The van der Waals surface area contributed by atoms with E-state index in [1.165, 1.54) is 7.11 Å². The van der Waals surface area contributed by atoms with E-state index in [0.29, 0.717) is 11.6 Å². The summed E-state index contributed by atoms with van der Waals surface area (Å²) < 4.78 is 5.96. The first-order valence-corrected chi connectivity index (χ1v) is 9.38. The van der Waals surface area contributed by atoms with Gasteiger partial charge in [-0.25, -0.2) is 4.98 Å². The van der Waals surface area contributed by atoms with Crippen LogP contribution in [0.3, 0.4) is 0 Å². The van der Waals surface area contributed by atoms with Gasteiger partial charge in [-0.3, -0.25) is 9.79 Å². The molecule has 1 aliphatic rings. The average molecular weight is 509 g/mol. The van der Waals surface area contributed by atoms with Crippen LogP contribution in [0.4, 0.5) is 0 Å². The number of esters is 1. The molecule has 1 fully saturated rings. The van der Waals surface area contributed by atoms with Gasteiger partial charge in [-0.15, -0.1) is 35.3 Å². The minimum atomic E-state index is -0.115. The van der Waals surface area contributed by atoms with Crippen LogP contribution < -0.4 is 5.32 Å². The van der Waals surface area contributed by atoms with Crippen LogP contribution in [0.15, 0.2) is 23.2 Å². The molecule has 9 heteroatoms. The first kappa shape index (κ1) is 21.2. The van der Waals surface area contributed by atoms with E-state index >= 15 is 0 Å². The zero-order valence-corrected chi connectivity index (χ0v) is 18.6. The Morgan fingerprint density at radius 3 is 2.85 bits per heavy atom. The second-order valence-corrected chi connectivity index (χ2v) is 7.46. The number of hydrogen-bond acceptors (Lipinski definition) is 5. The fraction of sp³-hybridized carbons (Fsp3) is 0.471. The largest absolute Gasteiger partial charge is 0.469 e. The quantitative estimate of drug-likeness (QED) is 0.297. The molecule has 0 spiro atoms. The maximum Gasteiger partial charge on any atom is 0.308 e. The molecule has 1 N–H and O–H groups in total. The number of ether oxygens (including phenoxy) is 1. The van der Waals surface area contributed by atoms with E-state index in [1.807, 2.05) is 18.2 Å². The molecule has 0 saturated carbocycles.